The quantitative estimate of drug-likeness (QED) is 0.669. The van der Waals surface area contributed by atoms with Crippen LogP contribution in [0.3, 0.4) is 0 Å². The van der Waals surface area contributed by atoms with Crippen LogP contribution < -0.4 is 5.32 Å². The zero-order valence-electron chi connectivity index (χ0n) is 13.2. The molecule has 0 unspecified atom stereocenters. The van der Waals surface area contributed by atoms with Gasteiger partial charge in [-0.25, -0.2) is 0 Å². The highest BCUT2D eigenvalue weighted by Gasteiger charge is 2.22. The zero-order valence-corrected chi connectivity index (χ0v) is 13.2. The lowest BCUT2D eigenvalue weighted by Gasteiger charge is -2.09. The van der Waals surface area contributed by atoms with Crippen LogP contribution in [-0.2, 0) is 30.7 Å². The fraction of sp³-hybridized carbons (Fsp3) is 0.812. The number of hydrogen-bond acceptors (Lipinski definition) is 3. The number of nitrogens with zero attached hydrogens (tertiary/aromatic N) is 2. The standard InChI is InChI=1S/C16H29N3O/c1-4-10-20-11-9-19-16(6-3)14(15(5-2)18-19)12-17-13-7-8-13/h13,17H,4-12H2,1-3H3. The zero-order chi connectivity index (χ0) is 14.4. The number of hydrogen-bond donors (Lipinski definition) is 1. The van der Waals surface area contributed by atoms with Gasteiger partial charge in [0.1, 0.15) is 0 Å². The molecule has 1 saturated carbocycles. The van der Waals surface area contributed by atoms with Gasteiger partial charge in [0.25, 0.3) is 0 Å². The molecule has 1 fully saturated rings. The molecule has 1 aliphatic rings. The average Bonchev–Trinajstić information content (AvgIpc) is 3.23. The summed E-state index contributed by atoms with van der Waals surface area (Å²) in [4.78, 5) is 0. The van der Waals surface area contributed by atoms with Gasteiger partial charge in [-0.1, -0.05) is 20.8 Å². The number of aromatic nitrogens is 2. The molecule has 1 N–H and O–H groups in total. The summed E-state index contributed by atoms with van der Waals surface area (Å²) in [6, 6.07) is 0.751. The first kappa shape index (κ1) is 15.5. The van der Waals surface area contributed by atoms with Crippen molar-refractivity contribution in [1.82, 2.24) is 15.1 Å². The van der Waals surface area contributed by atoms with Crippen LogP contribution in [0, 0.1) is 0 Å². The summed E-state index contributed by atoms with van der Waals surface area (Å²) in [5, 5.41) is 8.42. The van der Waals surface area contributed by atoms with Crippen LogP contribution in [0.1, 0.15) is 57.0 Å². The third-order valence-corrected chi connectivity index (χ3v) is 3.86. The van der Waals surface area contributed by atoms with E-state index in [0.29, 0.717) is 0 Å². The molecule has 1 aromatic rings. The molecule has 0 spiro atoms. The van der Waals surface area contributed by atoms with Crippen LogP contribution in [0.5, 0.6) is 0 Å². The van der Waals surface area contributed by atoms with Crippen molar-refractivity contribution in [3.63, 3.8) is 0 Å². The van der Waals surface area contributed by atoms with Gasteiger partial charge in [-0.15, -0.1) is 0 Å². The first-order valence-electron chi connectivity index (χ1n) is 8.18. The minimum Gasteiger partial charge on any atom is -0.380 e. The van der Waals surface area contributed by atoms with Gasteiger partial charge in [-0.2, -0.15) is 5.10 Å². The fourth-order valence-corrected chi connectivity index (χ4v) is 2.59. The second kappa shape index (κ2) is 7.79. The molecular formula is C16H29N3O. The molecule has 4 heteroatoms. The Morgan fingerprint density at radius 1 is 1.20 bits per heavy atom. The maximum absolute atomic E-state index is 5.60. The van der Waals surface area contributed by atoms with Gasteiger partial charge in [-0.3, -0.25) is 4.68 Å². The molecule has 0 saturated heterocycles. The van der Waals surface area contributed by atoms with Gasteiger partial charge in [0.05, 0.1) is 18.8 Å². The molecular weight excluding hydrogens is 250 g/mol. The van der Waals surface area contributed by atoms with Gasteiger partial charge >= 0.3 is 0 Å². The first-order chi connectivity index (χ1) is 9.80. The van der Waals surface area contributed by atoms with E-state index in [9.17, 15) is 0 Å². The van der Waals surface area contributed by atoms with Crippen LogP contribution in [0.4, 0.5) is 0 Å². The predicted octanol–water partition coefficient (Wildman–Crippen LogP) is 2.69. The van der Waals surface area contributed by atoms with Crippen molar-refractivity contribution >= 4 is 0 Å². The second-order valence-electron chi connectivity index (χ2n) is 5.57. The molecule has 0 amide bonds. The largest absolute Gasteiger partial charge is 0.380 e. The minimum absolute atomic E-state index is 0.751. The first-order valence-corrected chi connectivity index (χ1v) is 8.18. The Labute approximate surface area is 122 Å². The van der Waals surface area contributed by atoms with Gasteiger partial charge in [-0.05, 0) is 32.1 Å². The van der Waals surface area contributed by atoms with E-state index < -0.39 is 0 Å². The van der Waals surface area contributed by atoms with Crippen molar-refractivity contribution in [3.05, 3.63) is 17.0 Å². The highest BCUT2D eigenvalue weighted by atomic mass is 16.5. The Bertz CT molecular complexity index is 410. The van der Waals surface area contributed by atoms with Crippen LogP contribution in [0.25, 0.3) is 0 Å². The maximum atomic E-state index is 5.60. The van der Waals surface area contributed by atoms with Crippen LogP contribution in [-0.4, -0.2) is 29.0 Å². The summed E-state index contributed by atoms with van der Waals surface area (Å²) in [6.45, 7) is 10.0. The molecule has 0 radical (unpaired) electrons. The summed E-state index contributed by atoms with van der Waals surface area (Å²) in [5.41, 5.74) is 4.07. The van der Waals surface area contributed by atoms with Gasteiger partial charge in [0.2, 0.25) is 0 Å². The Morgan fingerprint density at radius 3 is 2.60 bits per heavy atom. The molecule has 1 aliphatic carbocycles. The fourth-order valence-electron chi connectivity index (χ4n) is 2.59. The van der Waals surface area contributed by atoms with Crippen molar-refractivity contribution < 1.29 is 4.74 Å². The summed E-state index contributed by atoms with van der Waals surface area (Å²) >= 11 is 0. The summed E-state index contributed by atoms with van der Waals surface area (Å²) < 4.78 is 7.77. The van der Waals surface area contributed by atoms with E-state index in [1.165, 1.54) is 29.8 Å². The van der Waals surface area contributed by atoms with Crippen LogP contribution in [0.15, 0.2) is 0 Å². The second-order valence-corrected chi connectivity index (χ2v) is 5.57. The molecule has 0 aromatic carbocycles. The van der Waals surface area contributed by atoms with Crippen molar-refractivity contribution in [2.24, 2.45) is 0 Å². The molecule has 4 nitrogen and oxygen atoms in total. The van der Waals surface area contributed by atoms with E-state index in [-0.39, 0.29) is 0 Å². The van der Waals surface area contributed by atoms with Crippen molar-refractivity contribution in [1.29, 1.82) is 0 Å². The number of rotatable bonds is 10. The SMILES string of the molecule is CCCOCCn1nc(CC)c(CNC2CC2)c1CC. The van der Waals surface area contributed by atoms with E-state index in [2.05, 4.69) is 30.8 Å². The molecule has 1 heterocycles. The molecule has 20 heavy (non-hydrogen) atoms. The number of aryl methyl sites for hydroxylation is 1. The van der Waals surface area contributed by atoms with E-state index in [1.807, 2.05) is 0 Å². The third-order valence-electron chi connectivity index (χ3n) is 3.86. The van der Waals surface area contributed by atoms with Crippen molar-refractivity contribution in [2.75, 3.05) is 13.2 Å². The molecule has 0 aliphatic heterocycles. The van der Waals surface area contributed by atoms with Gasteiger partial charge < -0.3 is 10.1 Å². The van der Waals surface area contributed by atoms with E-state index in [0.717, 1.165) is 51.6 Å². The molecule has 0 atom stereocenters. The van der Waals surface area contributed by atoms with Crippen molar-refractivity contribution in [3.8, 4) is 0 Å². The van der Waals surface area contributed by atoms with Crippen molar-refractivity contribution in [2.45, 2.75) is 72.0 Å². The molecule has 0 bridgehead atoms. The monoisotopic (exact) mass is 279 g/mol. The number of nitrogens with one attached hydrogen (secondary N) is 1. The Kier molecular flexibility index (Phi) is 6.05. The Balaban J connectivity index is 2.01. The predicted molar refractivity (Wildman–Crippen MR) is 82.0 cm³/mol. The molecule has 1 aromatic heterocycles. The summed E-state index contributed by atoms with van der Waals surface area (Å²) in [6.07, 6.45) is 5.81. The summed E-state index contributed by atoms with van der Waals surface area (Å²) in [7, 11) is 0. The average molecular weight is 279 g/mol. The summed E-state index contributed by atoms with van der Waals surface area (Å²) in [5.74, 6) is 0. The highest BCUT2D eigenvalue weighted by Crippen LogP contribution is 2.22. The topological polar surface area (TPSA) is 39.1 Å². The minimum atomic E-state index is 0.751. The molecule has 2 rings (SSSR count). The normalized spacial score (nSPS) is 14.9. The van der Waals surface area contributed by atoms with Crippen LogP contribution >= 0.6 is 0 Å². The number of ether oxygens (including phenoxy) is 1. The van der Waals surface area contributed by atoms with Gasteiger partial charge in [0.15, 0.2) is 0 Å². The lowest BCUT2D eigenvalue weighted by atomic mass is 10.1. The van der Waals surface area contributed by atoms with E-state index >= 15 is 0 Å². The molecule has 114 valence electrons. The Morgan fingerprint density at radius 2 is 2.00 bits per heavy atom. The maximum Gasteiger partial charge on any atom is 0.0669 e. The Hall–Kier alpha value is -0.870. The smallest absolute Gasteiger partial charge is 0.0669 e. The van der Waals surface area contributed by atoms with Gasteiger partial charge in [0, 0.05) is 30.5 Å². The van der Waals surface area contributed by atoms with E-state index in [4.69, 9.17) is 9.84 Å². The lowest BCUT2D eigenvalue weighted by Crippen LogP contribution is -2.17. The lowest BCUT2D eigenvalue weighted by molar-refractivity contribution is 0.123. The highest BCUT2D eigenvalue weighted by molar-refractivity contribution is 5.27. The van der Waals surface area contributed by atoms with Crippen LogP contribution in [0.2, 0.25) is 0 Å². The third kappa shape index (κ3) is 4.06. The van der Waals surface area contributed by atoms with E-state index in [1.54, 1.807) is 0 Å².